The topological polar surface area (TPSA) is 87.7 Å². The van der Waals surface area contributed by atoms with Gasteiger partial charge < -0.3 is 20.5 Å². The molecule has 0 atom stereocenters. The fraction of sp³-hybridized carbons (Fsp3) is 0.333. The molecule has 0 aromatic heterocycles. The van der Waals surface area contributed by atoms with Crippen molar-refractivity contribution >= 4 is 17.5 Å². The van der Waals surface area contributed by atoms with Crippen molar-refractivity contribution in [3.63, 3.8) is 0 Å². The molecule has 0 bridgehead atoms. The van der Waals surface area contributed by atoms with Crippen molar-refractivity contribution in [1.29, 1.82) is 0 Å². The Labute approximate surface area is 105 Å². The lowest BCUT2D eigenvalue weighted by Gasteiger charge is -2.06. The van der Waals surface area contributed by atoms with E-state index in [1.165, 1.54) is 12.1 Å². The molecule has 0 heterocycles. The highest BCUT2D eigenvalue weighted by molar-refractivity contribution is 6.39. The van der Waals surface area contributed by atoms with E-state index in [2.05, 4.69) is 10.6 Å². The smallest absolute Gasteiger partial charge is 0.313 e. The van der Waals surface area contributed by atoms with E-state index in [4.69, 9.17) is 4.74 Å². The number of benzene rings is 1. The summed E-state index contributed by atoms with van der Waals surface area (Å²) in [6.45, 7) is 0.897. The number of ether oxygens (including phenoxy) is 1. The van der Waals surface area contributed by atoms with Gasteiger partial charge in [-0.15, -0.1) is 0 Å². The van der Waals surface area contributed by atoms with E-state index in [0.29, 0.717) is 25.3 Å². The Morgan fingerprint density at radius 1 is 1.33 bits per heavy atom. The highest BCUT2D eigenvalue weighted by Crippen LogP contribution is 2.14. The van der Waals surface area contributed by atoms with E-state index >= 15 is 0 Å². The molecule has 1 aromatic carbocycles. The first-order valence-electron chi connectivity index (χ1n) is 5.50. The minimum Gasteiger partial charge on any atom is -0.508 e. The van der Waals surface area contributed by atoms with Crippen molar-refractivity contribution < 1.29 is 19.4 Å². The van der Waals surface area contributed by atoms with Gasteiger partial charge in [0.15, 0.2) is 0 Å². The maximum absolute atomic E-state index is 11.5. The van der Waals surface area contributed by atoms with E-state index in [1.807, 2.05) is 0 Å². The van der Waals surface area contributed by atoms with E-state index < -0.39 is 11.8 Å². The Hall–Kier alpha value is -2.08. The van der Waals surface area contributed by atoms with Crippen LogP contribution in [0.4, 0.5) is 5.69 Å². The van der Waals surface area contributed by atoms with Crippen molar-refractivity contribution in [2.75, 3.05) is 25.6 Å². The van der Waals surface area contributed by atoms with Gasteiger partial charge in [-0.25, -0.2) is 0 Å². The van der Waals surface area contributed by atoms with Gasteiger partial charge in [-0.1, -0.05) is 6.07 Å². The molecule has 0 aliphatic carbocycles. The van der Waals surface area contributed by atoms with E-state index in [1.54, 1.807) is 19.2 Å². The summed E-state index contributed by atoms with van der Waals surface area (Å²) >= 11 is 0. The average Bonchev–Trinajstić information content (AvgIpc) is 2.34. The number of methoxy groups -OCH3 is 1. The van der Waals surface area contributed by atoms with Crippen LogP contribution in [0.3, 0.4) is 0 Å². The minimum absolute atomic E-state index is 0.0216. The highest BCUT2D eigenvalue weighted by Gasteiger charge is 2.12. The molecule has 98 valence electrons. The Morgan fingerprint density at radius 3 is 2.78 bits per heavy atom. The van der Waals surface area contributed by atoms with E-state index in [-0.39, 0.29) is 5.75 Å². The van der Waals surface area contributed by atoms with Crippen LogP contribution in [0.15, 0.2) is 24.3 Å². The quantitative estimate of drug-likeness (QED) is 0.525. The monoisotopic (exact) mass is 252 g/mol. The molecule has 1 aromatic rings. The number of amides is 2. The summed E-state index contributed by atoms with van der Waals surface area (Å²) in [5, 5.41) is 14.0. The minimum atomic E-state index is -0.766. The summed E-state index contributed by atoms with van der Waals surface area (Å²) in [5.41, 5.74) is 0.368. The zero-order valence-electron chi connectivity index (χ0n) is 10.1. The normalized spacial score (nSPS) is 9.83. The molecule has 0 spiro atoms. The van der Waals surface area contributed by atoms with Crippen molar-refractivity contribution in [1.82, 2.24) is 5.32 Å². The molecule has 6 heteroatoms. The number of carbonyl (C=O) groups excluding carboxylic acids is 2. The molecule has 0 saturated heterocycles. The third kappa shape index (κ3) is 4.84. The molecule has 18 heavy (non-hydrogen) atoms. The van der Waals surface area contributed by atoms with Crippen LogP contribution in [0.25, 0.3) is 0 Å². The predicted molar refractivity (Wildman–Crippen MR) is 66.2 cm³/mol. The summed E-state index contributed by atoms with van der Waals surface area (Å²) in [7, 11) is 1.57. The Morgan fingerprint density at radius 2 is 2.11 bits per heavy atom. The Bertz CT molecular complexity index is 420. The van der Waals surface area contributed by atoms with Crippen LogP contribution < -0.4 is 10.6 Å². The fourth-order valence-corrected chi connectivity index (χ4v) is 1.27. The molecule has 2 amide bonds. The Kier molecular flexibility index (Phi) is 5.66. The molecule has 0 saturated carbocycles. The summed E-state index contributed by atoms with van der Waals surface area (Å²) in [5.74, 6) is -1.46. The number of anilines is 1. The molecule has 0 aliphatic rings. The summed E-state index contributed by atoms with van der Waals surface area (Å²) < 4.78 is 4.81. The lowest BCUT2D eigenvalue weighted by molar-refractivity contribution is -0.136. The van der Waals surface area contributed by atoms with Crippen molar-refractivity contribution in [3.8, 4) is 5.75 Å². The molecule has 0 fully saturated rings. The van der Waals surface area contributed by atoms with Crippen molar-refractivity contribution in [2.45, 2.75) is 6.42 Å². The zero-order valence-corrected chi connectivity index (χ0v) is 10.1. The molecular weight excluding hydrogens is 236 g/mol. The van der Waals surface area contributed by atoms with Gasteiger partial charge in [0.1, 0.15) is 5.75 Å². The van der Waals surface area contributed by atoms with Crippen LogP contribution >= 0.6 is 0 Å². The molecule has 0 aliphatic heterocycles. The number of rotatable bonds is 5. The number of carbonyl (C=O) groups is 2. The van der Waals surface area contributed by atoms with Gasteiger partial charge in [0.25, 0.3) is 0 Å². The first-order chi connectivity index (χ1) is 8.63. The third-order valence-electron chi connectivity index (χ3n) is 2.12. The van der Waals surface area contributed by atoms with Gasteiger partial charge in [-0.05, 0) is 18.6 Å². The number of hydrogen-bond donors (Lipinski definition) is 3. The molecule has 1 rings (SSSR count). The van der Waals surface area contributed by atoms with Crippen molar-refractivity contribution in [2.24, 2.45) is 0 Å². The third-order valence-corrected chi connectivity index (χ3v) is 2.12. The van der Waals surface area contributed by atoms with Crippen LogP contribution in [0.2, 0.25) is 0 Å². The standard InChI is InChI=1S/C12H16N2O4/c1-18-7-3-6-13-11(16)12(17)14-9-4-2-5-10(15)8-9/h2,4-5,8,15H,3,6-7H2,1H3,(H,13,16)(H,14,17). The summed E-state index contributed by atoms with van der Waals surface area (Å²) in [6.07, 6.45) is 0.641. The van der Waals surface area contributed by atoms with Crippen LogP contribution in [0.5, 0.6) is 5.75 Å². The number of nitrogens with one attached hydrogen (secondary N) is 2. The highest BCUT2D eigenvalue weighted by atomic mass is 16.5. The average molecular weight is 252 g/mol. The first kappa shape index (κ1) is 14.0. The zero-order chi connectivity index (χ0) is 13.4. The van der Waals surface area contributed by atoms with Gasteiger partial charge >= 0.3 is 11.8 Å². The second kappa shape index (κ2) is 7.29. The lowest BCUT2D eigenvalue weighted by Crippen LogP contribution is -2.36. The second-order valence-electron chi connectivity index (χ2n) is 3.61. The molecule has 0 unspecified atom stereocenters. The largest absolute Gasteiger partial charge is 0.508 e. The van der Waals surface area contributed by atoms with Crippen LogP contribution in [0.1, 0.15) is 6.42 Å². The summed E-state index contributed by atoms with van der Waals surface area (Å²) in [4.78, 5) is 22.8. The van der Waals surface area contributed by atoms with E-state index in [9.17, 15) is 14.7 Å². The van der Waals surface area contributed by atoms with Crippen molar-refractivity contribution in [3.05, 3.63) is 24.3 Å². The predicted octanol–water partition coefficient (Wildman–Crippen LogP) is 0.483. The maximum Gasteiger partial charge on any atom is 0.313 e. The summed E-state index contributed by atoms with van der Waals surface area (Å²) in [6, 6.07) is 5.98. The van der Waals surface area contributed by atoms with Gasteiger partial charge in [-0.3, -0.25) is 9.59 Å². The number of phenols is 1. The second-order valence-corrected chi connectivity index (χ2v) is 3.61. The fourth-order valence-electron chi connectivity index (χ4n) is 1.27. The Balaban J connectivity index is 2.38. The van der Waals surface area contributed by atoms with Crippen LogP contribution in [-0.2, 0) is 14.3 Å². The number of hydrogen-bond acceptors (Lipinski definition) is 4. The molecule has 6 nitrogen and oxygen atoms in total. The number of aromatic hydroxyl groups is 1. The number of phenolic OH excluding ortho intramolecular Hbond substituents is 1. The maximum atomic E-state index is 11.5. The van der Waals surface area contributed by atoms with Gasteiger partial charge in [0.2, 0.25) is 0 Å². The van der Waals surface area contributed by atoms with Gasteiger partial charge in [0.05, 0.1) is 0 Å². The SMILES string of the molecule is COCCCNC(=O)C(=O)Nc1cccc(O)c1. The molecule has 3 N–H and O–H groups in total. The van der Waals surface area contributed by atoms with Gasteiger partial charge in [-0.2, -0.15) is 0 Å². The first-order valence-corrected chi connectivity index (χ1v) is 5.50. The molecule has 0 radical (unpaired) electrons. The van der Waals surface area contributed by atoms with Crippen LogP contribution in [-0.4, -0.2) is 37.2 Å². The molecular formula is C12H16N2O4. The lowest BCUT2D eigenvalue weighted by atomic mass is 10.3. The van der Waals surface area contributed by atoms with E-state index in [0.717, 1.165) is 0 Å². The van der Waals surface area contributed by atoms with Gasteiger partial charge in [0, 0.05) is 32.0 Å². The van der Waals surface area contributed by atoms with Crippen LogP contribution in [0, 0.1) is 0 Å².